The molecule has 9 heavy (non-hydrogen) atoms. The van der Waals surface area contributed by atoms with Crippen LogP contribution in [0.2, 0.25) is 0 Å². The van der Waals surface area contributed by atoms with Gasteiger partial charge in [-0.1, -0.05) is 0 Å². The standard InChI is InChI=1S/C7H9NO/c1-5-4-8-6(2)3-7(5)9/h3-4H,1-2H3,(H,8,9). The zero-order valence-corrected chi connectivity index (χ0v) is 5.56. The molecule has 0 aliphatic carbocycles. The van der Waals surface area contributed by atoms with E-state index in [4.69, 9.17) is 0 Å². The molecule has 0 saturated heterocycles. The summed E-state index contributed by atoms with van der Waals surface area (Å²) in [5.41, 5.74) is 1.78. The van der Waals surface area contributed by atoms with Crippen LogP contribution in [0.25, 0.3) is 0 Å². The summed E-state index contributed by atoms with van der Waals surface area (Å²) in [7, 11) is 0. The van der Waals surface area contributed by atoms with Gasteiger partial charge in [-0.05, 0) is 13.8 Å². The highest BCUT2D eigenvalue weighted by molar-refractivity contribution is 5.11. The number of H-pyrrole nitrogens is 1. The van der Waals surface area contributed by atoms with Gasteiger partial charge in [0.2, 0.25) is 0 Å². The molecular weight excluding hydrogens is 114 g/mol. The van der Waals surface area contributed by atoms with E-state index in [1.54, 1.807) is 19.2 Å². The summed E-state index contributed by atoms with van der Waals surface area (Å²) in [5, 5.41) is 0. The first kappa shape index (κ1) is 6.08. The molecule has 1 rings (SSSR count). The summed E-state index contributed by atoms with van der Waals surface area (Å²) in [6.07, 6.45) is 1.72. The fourth-order valence-corrected chi connectivity index (χ4v) is 0.645. The van der Waals surface area contributed by atoms with E-state index in [0.29, 0.717) is 0 Å². The van der Waals surface area contributed by atoms with Crippen LogP contribution < -0.4 is 5.43 Å². The quantitative estimate of drug-likeness (QED) is 0.548. The Bertz CT molecular complexity index is 262. The van der Waals surface area contributed by atoms with Gasteiger partial charge >= 0.3 is 0 Å². The molecule has 2 nitrogen and oxygen atoms in total. The van der Waals surface area contributed by atoms with Gasteiger partial charge in [0, 0.05) is 23.5 Å². The van der Waals surface area contributed by atoms with Gasteiger partial charge in [-0.15, -0.1) is 0 Å². The first-order valence-corrected chi connectivity index (χ1v) is 2.86. The molecule has 1 aromatic rings. The molecule has 0 radical (unpaired) electrons. The molecule has 48 valence electrons. The molecule has 0 aliphatic heterocycles. The summed E-state index contributed by atoms with van der Waals surface area (Å²) in [4.78, 5) is 13.8. The van der Waals surface area contributed by atoms with E-state index in [2.05, 4.69) is 4.98 Å². The van der Waals surface area contributed by atoms with Crippen molar-refractivity contribution in [3.63, 3.8) is 0 Å². The van der Waals surface area contributed by atoms with Crippen molar-refractivity contribution in [3.8, 4) is 0 Å². The van der Waals surface area contributed by atoms with Crippen LogP contribution in [0, 0.1) is 13.8 Å². The topological polar surface area (TPSA) is 32.9 Å². The largest absolute Gasteiger partial charge is 0.365 e. The molecule has 1 aromatic heterocycles. The van der Waals surface area contributed by atoms with E-state index in [0.717, 1.165) is 11.3 Å². The van der Waals surface area contributed by atoms with Crippen LogP contribution in [-0.4, -0.2) is 4.98 Å². The molecule has 1 N–H and O–H groups in total. The summed E-state index contributed by atoms with van der Waals surface area (Å²) in [5.74, 6) is 0. The van der Waals surface area contributed by atoms with Crippen LogP contribution in [0.4, 0.5) is 0 Å². The average Bonchev–Trinajstić information content (AvgIpc) is 1.80. The number of aryl methyl sites for hydroxylation is 2. The first-order valence-electron chi connectivity index (χ1n) is 2.86. The highest BCUT2D eigenvalue weighted by Gasteiger charge is 1.89. The van der Waals surface area contributed by atoms with Gasteiger partial charge in [-0.25, -0.2) is 0 Å². The third-order valence-corrected chi connectivity index (χ3v) is 1.25. The monoisotopic (exact) mass is 123 g/mol. The van der Waals surface area contributed by atoms with Gasteiger partial charge in [0.05, 0.1) is 0 Å². The van der Waals surface area contributed by atoms with Crippen molar-refractivity contribution in [1.82, 2.24) is 4.98 Å². The van der Waals surface area contributed by atoms with Crippen molar-refractivity contribution in [3.05, 3.63) is 33.7 Å². The molecule has 2 heteroatoms. The smallest absolute Gasteiger partial charge is 0.184 e. The van der Waals surface area contributed by atoms with Gasteiger partial charge in [-0.3, -0.25) is 4.79 Å². The van der Waals surface area contributed by atoms with Crippen LogP contribution in [0.15, 0.2) is 17.1 Å². The highest BCUT2D eigenvalue weighted by Crippen LogP contribution is 1.87. The Labute approximate surface area is 53.5 Å². The normalized spacial score (nSPS) is 9.56. The minimum absolute atomic E-state index is 0.103. The van der Waals surface area contributed by atoms with E-state index in [9.17, 15) is 4.79 Å². The maximum atomic E-state index is 10.8. The van der Waals surface area contributed by atoms with E-state index in [1.807, 2.05) is 6.92 Å². The predicted octanol–water partition coefficient (Wildman–Crippen LogP) is 0.992. The van der Waals surface area contributed by atoms with Crippen LogP contribution in [0.1, 0.15) is 11.3 Å². The molecule has 0 atom stereocenters. The van der Waals surface area contributed by atoms with Crippen molar-refractivity contribution < 1.29 is 0 Å². The second kappa shape index (κ2) is 2.05. The third-order valence-electron chi connectivity index (χ3n) is 1.25. The summed E-state index contributed by atoms with van der Waals surface area (Å²) in [6, 6.07) is 1.59. The Morgan fingerprint density at radius 3 is 2.56 bits per heavy atom. The Morgan fingerprint density at radius 2 is 2.11 bits per heavy atom. The van der Waals surface area contributed by atoms with Gasteiger partial charge in [0.15, 0.2) is 5.43 Å². The van der Waals surface area contributed by atoms with Gasteiger partial charge in [0.25, 0.3) is 0 Å². The second-order valence-electron chi connectivity index (χ2n) is 2.16. The molecule has 0 aromatic carbocycles. The average molecular weight is 123 g/mol. The van der Waals surface area contributed by atoms with E-state index in [-0.39, 0.29) is 5.43 Å². The first-order chi connectivity index (χ1) is 4.20. The van der Waals surface area contributed by atoms with Crippen LogP contribution in [0.5, 0.6) is 0 Å². The summed E-state index contributed by atoms with van der Waals surface area (Å²) in [6.45, 7) is 3.65. The second-order valence-corrected chi connectivity index (χ2v) is 2.16. The molecular formula is C7H9NO. The van der Waals surface area contributed by atoms with E-state index in [1.165, 1.54) is 0 Å². The predicted molar refractivity (Wildman–Crippen MR) is 36.5 cm³/mol. The van der Waals surface area contributed by atoms with Crippen LogP contribution >= 0.6 is 0 Å². The number of aromatic nitrogens is 1. The Hall–Kier alpha value is -1.05. The highest BCUT2D eigenvalue weighted by atomic mass is 16.1. The molecule has 0 fully saturated rings. The number of hydrogen-bond donors (Lipinski definition) is 1. The lowest BCUT2D eigenvalue weighted by Gasteiger charge is -1.91. The third kappa shape index (κ3) is 1.19. The fraction of sp³-hybridized carbons (Fsp3) is 0.286. The maximum Gasteiger partial charge on any atom is 0.184 e. The number of pyridine rings is 1. The molecule has 0 bridgehead atoms. The van der Waals surface area contributed by atoms with Crippen molar-refractivity contribution in [2.45, 2.75) is 13.8 Å². The molecule has 1 heterocycles. The Balaban J connectivity index is 3.34. The van der Waals surface area contributed by atoms with Gasteiger partial charge in [-0.2, -0.15) is 0 Å². The fourth-order valence-electron chi connectivity index (χ4n) is 0.645. The number of rotatable bonds is 0. The molecule has 0 spiro atoms. The van der Waals surface area contributed by atoms with Crippen molar-refractivity contribution in [2.75, 3.05) is 0 Å². The van der Waals surface area contributed by atoms with Crippen LogP contribution in [0.3, 0.4) is 0 Å². The molecule has 0 amide bonds. The minimum Gasteiger partial charge on any atom is -0.365 e. The molecule has 0 aliphatic rings. The lowest BCUT2D eigenvalue weighted by molar-refractivity contribution is 1.15. The Morgan fingerprint density at radius 1 is 1.44 bits per heavy atom. The molecule has 0 unspecified atom stereocenters. The van der Waals surface area contributed by atoms with Crippen molar-refractivity contribution in [1.29, 1.82) is 0 Å². The van der Waals surface area contributed by atoms with Gasteiger partial charge < -0.3 is 4.98 Å². The number of hydrogen-bond acceptors (Lipinski definition) is 1. The maximum absolute atomic E-state index is 10.8. The Kier molecular flexibility index (Phi) is 1.39. The number of aromatic amines is 1. The van der Waals surface area contributed by atoms with E-state index < -0.39 is 0 Å². The minimum atomic E-state index is 0.103. The summed E-state index contributed by atoms with van der Waals surface area (Å²) >= 11 is 0. The van der Waals surface area contributed by atoms with E-state index >= 15 is 0 Å². The van der Waals surface area contributed by atoms with Crippen molar-refractivity contribution in [2.24, 2.45) is 0 Å². The zero-order valence-electron chi connectivity index (χ0n) is 5.56. The van der Waals surface area contributed by atoms with Gasteiger partial charge in [0.1, 0.15) is 0 Å². The van der Waals surface area contributed by atoms with Crippen LogP contribution in [-0.2, 0) is 0 Å². The molecule has 0 saturated carbocycles. The zero-order chi connectivity index (χ0) is 6.85. The lowest BCUT2D eigenvalue weighted by Crippen LogP contribution is -2.04. The number of nitrogens with one attached hydrogen (secondary N) is 1. The van der Waals surface area contributed by atoms with Crippen molar-refractivity contribution >= 4 is 0 Å². The lowest BCUT2D eigenvalue weighted by atomic mass is 10.3. The summed E-state index contributed by atoms with van der Waals surface area (Å²) < 4.78 is 0. The SMILES string of the molecule is Cc1cc(=O)c(C)c[nH]1.